The predicted molar refractivity (Wildman–Crippen MR) is 62.5 cm³/mol. The van der Waals surface area contributed by atoms with Crippen LogP contribution in [0, 0.1) is 5.92 Å². The van der Waals surface area contributed by atoms with Crippen molar-refractivity contribution in [3.8, 4) is 0 Å². The Hall–Kier alpha value is -0.570. The van der Waals surface area contributed by atoms with Crippen molar-refractivity contribution in [1.82, 2.24) is 4.90 Å². The molecule has 1 aliphatic heterocycles. The molecule has 3 nitrogen and oxygen atoms in total. The maximum atomic E-state index is 12.0. The van der Waals surface area contributed by atoms with E-state index in [9.17, 15) is 4.79 Å². The molecule has 1 rings (SSSR count). The van der Waals surface area contributed by atoms with Crippen LogP contribution in [-0.2, 0) is 4.79 Å². The van der Waals surface area contributed by atoms with Crippen LogP contribution in [0.2, 0.25) is 0 Å². The maximum Gasteiger partial charge on any atom is 0.223 e. The van der Waals surface area contributed by atoms with E-state index >= 15 is 0 Å². The largest absolute Gasteiger partial charge is 0.335 e. The Bertz CT molecular complexity index is 216. The highest BCUT2D eigenvalue weighted by molar-refractivity contribution is 5.77. The van der Waals surface area contributed by atoms with Gasteiger partial charge in [-0.05, 0) is 25.7 Å². The van der Waals surface area contributed by atoms with Crippen molar-refractivity contribution in [3.63, 3.8) is 0 Å². The minimum atomic E-state index is 0.183. The summed E-state index contributed by atoms with van der Waals surface area (Å²) in [6.07, 6.45) is 4.04. The molecule has 88 valence electrons. The van der Waals surface area contributed by atoms with E-state index in [1.165, 1.54) is 6.42 Å². The molecule has 2 unspecified atom stereocenters. The molecule has 1 saturated heterocycles. The first-order chi connectivity index (χ1) is 7.07. The Morgan fingerprint density at radius 1 is 1.40 bits per heavy atom. The molecule has 0 saturated carbocycles. The van der Waals surface area contributed by atoms with Gasteiger partial charge in [0, 0.05) is 25.0 Å². The van der Waals surface area contributed by atoms with Gasteiger partial charge >= 0.3 is 0 Å². The topological polar surface area (TPSA) is 46.3 Å². The van der Waals surface area contributed by atoms with Gasteiger partial charge in [-0.25, -0.2) is 0 Å². The first-order valence-corrected chi connectivity index (χ1v) is 6.09. The molecule has 1 aliphatic rings. The molecule has 0 radical (unpaired) electrons. The predicted octanol–water partition coefficient (Wildman–Crippen LogP) is 1.76. The standard InChI is InChI=1S/C12H24N2O/c1-9(2)11-6-4-5-7-12(15)14(11)10(3)8-13/h9-11H,4-8,13H2,1-3H3. The van der Waals surface area contributed by atoms with E-state index in [1.54, 1.807) is 0 Å². The van der Waals surface area contributed by atoms with Crippen LogP contribution in [-0.4, -0.2) is 29.4 Å². The van der Waals surface area contributed by atoms with Crippen LogP contribution >= 0.6 is 0 Å². The molecule has 2 atom stereocenters. The molecule has 1 heterocycles. The lowest BCUT2D eigenvalue weighted by Gasteiger charge is -2.37. The van der Waals surface area contributed by atoms with Crippen LogP contribution < -0.4 is 5.73 Å². The zero-order valence-corrected chi connectivity index (χ0v) is 10.2. The fourth-order valence-electron chi connectivity index (χ4n) is 2.42. The highest BCUT2D eigenvalue weighted by Gasteiger charge is 2.31. The number of likely N-dealkylation sites (tertiary alicyclic amines) is 1. The average molecular weight is 212 g/mol. The summed E-state index contributed by atoms with van der Waals surface area (Å²) >= 11 is 0. The van der Waals surface area contributed by atoms with Crippen LogP contribution in [0.3, 0.4) is 0 Å². The number of nitrogens with zero attached hydrogens (tertiary/aromatic N) is 1. The van der Waals surface area contributed by atoms with Gasteiger partial charge in [0.15, 0.2) is 0 Å². The van der Waals surface area contributed by atoms with Gasteiger partial charge in [0.25, 0.3) is 0 Å². The zero-order valence-electron chi connectivity index (χ0n) is 10.2. The summed E-state index contributed by atoms with van der Waals surface area (Å²) in [5.41, 5.74) is 5.68. The summed E-state index contributed by atoms with van der Waals surface area (Å²) in [6.45, 7) is 7.01. The van der Waals surface area contributed by atoms with Gasteiger partial charge in [0.1, 0.15) is 0 Å². The van der Waals surface area contributed by atoms with E-state index < -0.39 is 0 Å². The molecule has 3 heteroatoms. The van der Waals surface area contributed by atoms with Crippen LogP contribution in [0.5, 0.6) is 0 Å². The quantitative estimate of drug-likeness (QED) is 0.775. The molecule has 2 N–H and O–H groups in total. The van der Waals surface area contributed by atoms with Crippen molar-refractivity contribution in [1.29, 1.82) is 0 Å². The molecule has 0 aromatic carbocycles. The van der Waals surface area contributed by atoms with E-state index in [0.717, 1.165) is 12.8 Å². The highest BCUT2D eigenvalue weighted by atomic mass is 16.2. The number of carbonyl (C=O) groups is 1. The zero-order chi connectivity index (χ0) is 11.4. The molecule has 0 aromatic heterocycles. The minimum absolute atomic E-state index is 0.183. The number of carbonyl (C=O) groups excluding carboxylic acids is 1. The van der Waals surface area contributed by atoms with E-state index in [2.05, 4.69) is 20.8 Å². The third-order valence-corrected chi connectivity index (χ3v) is 3.37. The average Bonchev–Trinajstić information content (AvgIpc) is 2.39. The number of hydrogen-bond acceptors (Lipinski definition) is 2. The number of amides is 1. The number of nitrogens with two attached hydrogens (primary N) is 1. The van der Waals surface area contributed by atoms with Crippen molar-refractivity contribution in [2.24, 2.45) is 11.7 Å². The van der Waals surface area contributed by atoms with Crippen molar-refractivity contribution in [2.45, 2.75) is 58.5 Å². The second-order valence-electron chi connectivity index (χ2n) is 4.94. The summed E-state index contributed by atoms with van der Waals surface area (Å²) in [5, 5.41) is 0. The fraction of sp³-hybridized carbons (Fsp3) is 0.917. The molecule has 0 aliphatic carbocycles. The molecule has 1 amide bonds. The molecule has 15 heavy (non-hydrogen) atoms. The van der Waals surface area contributed by atoms with Gasteiger partial charge in [-0.1, -0.05) is 20.3 Å². The van der Waals surface area contributed by atoms with Gasteiger partial charge in [-0.3, -0.25) is 4.79 Å². The van der Waals surface area contributed by atoms with E-state index in [0.29, 0.717) is 30.8 Å². The summed E-state index contributed by atoms with van der Waals surface area (Å²) < 4.78 is 0. The Morgan fingerprint density at radius 3 is 2.60 bits per heavy atom. The van der Waals surface area contributed by atoms with Crippen molar-refractivity contribution in [2.75, 3.05) is 6.54 Å². The van der Waals surface area contributed by atoms with Crippen LogP contribution in [0.15, 0.2) is 0 Å². The monoisotopic (exact) mass is 212 g/mol. The lowest BCUT2D eigenvalue weighted by molar-refractivity contribution is -0.136. The van der Waals surface area contributed by atoms with Gasteiger partial charge < -0.3 is 10.6 Å². The lowest BCUT2D eigenvalue weighted by Crippen LogP contribution is -2.50. The second kappa shape index (κ2) is 5.50. The Labute approximate surface area is 93.0 Å². The maximum absolute atomic E-state index is 12.0. The SMILES string of the molecule is CC(C)C1CCCCC(=O)N1C(C)CN. The first kappa shape index (κ1) is 12.5. The highest BCUT2D eigenvalue weighted by Crippen LogP contribution is 2.25. The van der Waals surface area contributed by atoms with Gasteiger partial charge in [-0.2, -0.15) is 0 Å². The van der Waals surface area contributed by atoms with Crippen LogP contribution in [0.4, 0.5) is 0 Å². The summed E-state index contributed by atoms with van der Waals surface area (Å²) in [5.74, 6) is 0.824. The third-order valence-electron chi connectivity index (χ3n) is 3.37. The molecule has 0 bridgehead atoms. The molecular weight excluding hydrogens is 188 g/mol. The summed E-state index contributed by atoms with van der Waals surface area (Å²) in [6, 6.07) is 0.571. The smallest absolute Gasteiger partial charge is 0.223 e. The number of rotatable bonds is 3. The van der Waals surface area contributed by atoms with E-state index in [1.807, 2.05) is 4.90 Å². The minimum Gasteiger partial charge on any atom is -0.335 e. The molecule has 0 spiro atoms. The summed E-state index contributed by atoms with van der Waals surface area (Å²) in [7, 11) is 0. The van der Waals surface area contributed by atoms with Crippen LogP contribution in [0.1, 0.15) is 46.5 Å². The second-order valence-corrected chi connectivity index (χ2v) is 4.94. The normalized spacial score (nSPS) is 25.5. The Balaban J connectivity index is 2.83. The van der Waals surface area contributed by atoms with Crippen molar-refractivity contribution >= 4 is 5.91 Å². The molecule has 0 aromatic rings. The first-order valence-electron chi connectivity index (χ1n) is 6.09. The van der Waals surface area contributed by atoms with Crippen molar-refractivity contribution < 1.29 is 4.79 Å². The molecular formula is C12H24N2O. The molecule has 1 fully saturated rings. The summed E-state index contributed by atoms with van der Waals surface area (Å²) in [4.78, 5) is 14.0. The van der Waals surface area contributed by atoms with Crippen molar-refractivity contribution in [3.05, 3.63) is 0 Å². The van der Waals surface area contributed by atoms with Gasteiger partial charge in [0.2, 0.25) is 5.91 Å². The Morgan fingerprint density at radius 2 is 2.07 bits per heavy atom. The Kier molecular flexibility index (Phi) is 4.58. The van der Waals surface area contributed by atoms with E-state index in [4.69, 9.17) is 5.73 Å². The number of hydrogen-bond donors (Lipinski definition) is 1. The van der Waals surface area contributed by atoms with Crippen LogP contribution in [0.25, 0.3) is 0 Å². The van der Waals surface area contributed by atoms with Gasteiger partial charge in [0.05, 0.1) is 0 Å². The van der Waals surface area contributed by atoms with E-state index in [-0.39, 0.29) is 6.04 Å². The lowest BCUT2D eigenvalue weighted by atomic mass is 9.97. The third kappa shape index (κ3) is 2.94. The fourth-order valence-corrected chi connectivity index (χ4v) is 2.42. The van der Waals surface area contributed by atoms with Gasteiger partial charge in [-0.15, -0.1) is 0 Å².